The molecule has 16 heteroatoms. The molecule has 1 aliphatic rings. The molecule has 0 aliphatic carbocycles. The number of aliphatic hydroxyl groups excluding tert-OH is 1. The molecule has 1 rings (SSSR count). The smallest absolute Gasteiger partial charge is 0.278 e. The van der Waals surface area contributed by atoms with E-state index in [-0.39, 0.29) is 13.0 Å². The summed E-state index contributed by atoms with van der Waals surface area (Å²) in [5.74, 6) is 0. The fourth-order valence-corrected chi connectivity index (χ4v) is 4.81. The molecule has 23 heavy (non-hydrogen) atoms. The molecular formula is C7H14NO12P3-4. The summed E-state index contributed by atoms with van der Waals surface area (Å²) in [6.07, 6.45) is -1.53. The Kier molecular flexibility index (Phi) is 6.74. The molecule has 0 radical (unpaired) electrons. The lowest BCUT2D eigenvalue weighted by Crippen LogP contribution is -2.50. The molecule has 0 aromatic rings. The number of rotatable bonds is 8. The van der Waals surface area contributed by atoms with Gasteiger partial charge in [-0.3, -0.25) is 13.4 Å². The maximum absolute atomic E-state index is 11.4. The zero-order valence-corrected chi connectivity index (χ0v) is 14.3. The predicted octanol–water partition coefficient (Wildman–Crippen LogP) is -3.33. The van der Waals surface area contributed by atoms with E-state index in [1.165, 1.54) is 0 Å². The number of aliphatic hydroxyl groups is 1. The monoisotopic (exact) mass is 397 g/mol. The van der Waals surface area contributed by atoms with Crippen LogP contribution in [-0.4, -0.2) is 36.1 Å². The summed E-state index contributed by atoms with van der Waals surface area (Å²) in [5, 5.41) is 9.81. The maximum atomic E-state index is 11.4. The molecule has 0 aromatic carbocycles. The van der Waals surface area contributed by atoms with E-state index in [9.17, 15) is 38.4 Å². The number of hydrogen-bond acceptors (Lipinski definition) is 13. The van der Waals surface area contributed by atoms with E-state index in [0.717, 1.165) is 0 Å². The van der Waals surface area contributed by atoms with Crippen LogP contribution in [0.25, 0.3) is 0 Å². The average molecular weight is 397 g/mol. The predicted molar refractivity (Wildman–Crippen MR) is 63.9 cm³/mol. The molecule has 1 aliphatic heterocycles. The third kappa shape index (κ3) is 6.60. The number of phosphoric acid groups is 3. The van der Waals surface area contributed by atoms with Crippen LogP contribution >= 0.6 is 23.5 Å². The number of hydrogen-bond donors (Lipinski definition) is 2. The summed E-state index contributed by atoms with van der Waals surface area (Å²) in [7, 11) is -17.7. The van der Waals surface area contributed by atoms with Crippen LogP contribution in [0, 0.1) is 0 Å². The first-order valence-corrected chi connectivity index (χ1v) is 10.4. The second-order valence-corrected chi connectivity index (χ2v) is 8.98. The van der Waals surface area contributed by atoms with E-state index in [2.05, 4.69) is 13.1 Å². The molecule has 3 N–H and O–H groups in total. The van der Waals surface area contributed by atoms with E-state index in [4.69, 9.17) is 10.5 Å². The van der Waals surface area contributed by atoms with Crippen LogP contribution < -0.4 is 25.3 Å². The van der Waals surface area contributed by atoms with Gasteiger partial charge >= 0.3 is 0 Å². The third-order valence-corrected chi connectivity index (χ3v) is 6.46. The van der Waals surface area contributed by atoms with Gasteiger partial charge in [-0.2, -0.15) is 0 Å². The van der Waals surface area contributed by atoms with Gasteiger partial charge in [0.25, 0.3) is 15.6 Å². The zero-order valence-electron chi connectivity index (χ0n) is 11.6. The maximum Gasteiger partial charge on any atom is 0.278 e. The first kappa shape index (κ1) is 21.3. The molecule has 0 bridgehead atoms. The highest BCUT2D eigenvalue weighted by atomic mass is 31.3. The minimum Gasteiger partial charge on any atom is -0.790 e. The Morgan fingerprint density at radius 1 is 1.22 bits per heavy atom. The minimum absolute atomic E-state index is 0.128. The van der Waals surface area contributed by atoms with E-state index >= 15 is 0 Å². The molecular weight excluding hydrogens is 383 g/mol. The number of nitrogens with two attached hydrogens (primary N) is 1. The second kappa shape index (κ2) is 7.27. The van der Waals surface area contributed by atoms with Gasteiger partial charge in [0.1, 0.15) is 5.60 Å². The molecule has 13 nitrogen and oxygen atoms in total. The van der Waals surface area contributed by atoms with Crippen molar-refractivity contribution in [3.63, 3.8) is 0 Å². The molecule has 1 saturated heterocycles. The van der Waals surface area contributed by atoms with Crippen molar-refractivity contribution >= 4 is 23.5 Å². The first-order valence-electron chi connectivity index (χ1n) is 5.98. The zero-order chi connectivity index (χ0) is 18.1. The van der Waals surface area contributed by atoms with Crippen molar-refractivity contribution in [2.75, 3.05) is 13.2 Å². The molecule has 0 saturated carbocycles. The lowest BCUT2D eigenvalue weighted by molar-refractivity contribution is -0.339. The summed E-state index contributed by atoms with van der Waals surface area (Å²) in [6, 6.07) is 0. The minimum atomic E-state index is -6.05. The molecule has 1 heterocycles. The van der Waals surface area contributed by atoms with Crippen molar-refractivity contribution in [3.8, 4) is 0 Å². The van der Waals surface area contributed by atoms with E-state index < -0.39 is 47.9 Å². The third-order valence-electron chi connectivity index (χ3n) is 2.81. The van der Waals surface area contributed by atoms with Gasteiger partial charge < -0.3 is 44.2 Å². The normalized spacial score (nSPS) is 34.0. The van der Waals surface area contributed by atoms with Crippen molar-refractivity contribution in [2.45, 2.75) is 31.2 Å². The van der Waals surface area contributed by atoms with Crippen LogP contribution in [0.4, 0.5) is 0 Å². The SMILES string of the molecule is C[C@H]1CC(O)[C@@](CN)(COP(=O)([O-])OP(=O)([O-])OP(=O)([O-])[O-])O1. The van der Waals surface area contributed by atoms with Gasteiger partial charge in [-0.05, 0) is 6.92 Å². The summed E-state index contributed by atoms with van der Waals surface area (Å²) in [5.41, 5.74) is 3.78. The Balaban J connectivity index is 2.74. The highest BCUT2D eigenvalue weighted by molar-refractivity contribution is 7.64. The van der Waals surface area contributed by atoms with E-state index in [1.807, 2.05) is 0 Å². The van der Waals surface area contributed by atoms with Crippen LogP contribution in [0.3, 0.4) is 0 Å². The summed E-state index contributed by atoms with van der Waals surface area (Å²) < 4.78 is 48.5. The fraction of sp³-hybridized carbons (Fsp3) is 1.00. The topological polar surface area (TPSA) is 227 Å². The Bertz CT molecular complexity index is 563. The Morgan fingerprint density at radius 2 is 1.78 bits per heavy atom. The van der Waals surface area contributed by atoms with Crippen LogP contribution in [-0.2, 0) is 31.6 Å². The summed E-state index contributed by atoms with van der Waals surface area (Å²) in [4.78, 5) is 42.7. The molecule has 3 unspecified atom stereocenters. The van der Waals surface area contributed by atoms with Crippen molar-refractivity contribution in [1.82, 2.24) is 0 Å². The van der Waals surface area contributed by atoms with Crippen molar-refractivity contribution in [2.24, 2.45) is 5.73 Å². The highest BCUT2D eigenvalue weighted by Gasteiger charge is 2.47. The molecule has 0 amide bonds. The van der Waals surface area contributed by atoms with Gasteiger partial charge in [0, 0.05) is 13.0 Å². The molecule has 1 fully saturated rings. The Labute approximate surface area is 130 Å². The molecule has 0 spiro atoms. The van der Waals surface area contributed by atoms with Gasteiger partial charge in [0.2, 0.25) is 0 Å². The van der Waals surface area contributed by atoms with E-state index in [0.29, 0.717) is 0 Å². The Hall–Kier alpha value is 0.290. The number of ether oxygens (including phenoxy) is 1. The second-order valence-electron chi connectivity index (χ2n) is 4.73. The number of phosphoric ester groups is 1. The van der Waals surface area contributed by atoms with Crippen molar-refractivity contribution < 1.29 is 56.3 Å². The van der Waals surface area contributed by atoms with Gasteiger partial charge in [0.15, 0.2) is 0 Å². The van der Waals surface area contributed by atoms with Gasteiger partial charge in [-0.1, -0.05) is 0 Å². The van der Waals surface area contributed by atoms with Crippen LogP contribution in [0.15, 0.2) is 0 Å². The largest absolute Gasteiger partial charge is 0.790 e. The molecule has 138 valence electrons. The first-order chi connectivity index (χ1) is 10.2. The van der Waals surface area contributed by atoms with Crippen LogP contribution in [0.5, 0.6) is 0 Å². The van der Waals surface area contributed by atoms with Crippen LogP contribution in [0.1, 0.15) is 13.3 Å². The Morgan fingerprint density at radius 3 is 2.17 bits per heavy atom. The average Bonchev–Trinajstić information content (AvgIpc) is 2.57. The van der Waals surface area contributed by atoms with Gasteiger partial charge in [-0.25, -0.2) is 4.31 Å². The summed E-state index contributed by atoms with van der Waals surface area (Å²) in [6.45, 7) is 0.316. The molecule has 5 atom stereocenters. The van der Waals surface area contributed by atoms with Gasteiger partial charge in [-0.15, -0.1) is 0 Å². The lowest BCUT2D eigenvalue weighted by Gasteiger charge is -2.38. The summed E-state index contributed by atoms with van der Waals surface area (Å²) >= 11 is 0. The standard InChI is InChI=1S/C7H18NO12P3/c1-5-2-6(9)7(3-8,18-5)4-17-22(13,14)20-23(15,16)19-21(10,11)12/h5-6,9H,2-4,8H2,1H3,(H,13,14)(H,15,16)(H2,10,11,12)/p-4/t5-,6?,7+/m0/s1. The molecule has 0 aromatic heterocycles. The van der Waals surface area contributed by atoms with Gasteiger partial charge in [0.05, 0.1) is 26.6 Å². The van der Waals surface area contributed by atoms with Crippen LogP contribution in [0.2, 0.25) is 0 Å². The lowest BCUT2D eigenvalue weighted by atomic mass is 9.98. The van der Waals surface area contributed by atoms with Crippen molar-refractivity contribution in [3.05, 3.63) is 0 Å². The quantitative estimate of drug-likeness (QED) is 0.382. The fourth-order valence-electron chi connectivity index (χ4n) is 1.90. The van der Waals surface area contributed by atoms with Crippen molar-refractivity contribution in [1.29, 1.82) is 0 Å². The van der Waals surface area contributed by atoms with E-state index in [1.54, 1.807) is 6.92 Å². The highest BCUT2D eigenvalue weighted by Crippen LogP contribution is 2.60.